The minimum atomic E-state index is -0.991. The molecule has 9 nitrogen and oxygen atoms in total. The molecule has 2 N–H and O–H groups in total. The van der Waals surface area contributed by atoms with Crippen LogP contribution >= 0.6 is 0 Å². The maximum absolute atomic E-state index is 15.1. The van der Waals surface area contributed by atoms with Crippen LogP contribution in [-0.4, -0.2) is 57.3 Å². The van der Waals surface area contributed by atoms with Gasteiger partial charge in [0.15, 0.2) is 17.5 Å². The third kappa shape index (κ3) is 4.00. The van der Waals surface area contributed by atoms with E-state index in [1.807, 2.05) is 4.68 Å². The Bertz CT molecular complexity index is 1220. The Balaban J connectivity index is 1.50. The maximum atomic E-state index is 15.1. The van der Waals surface area contributed by atoms with E-state index in [9.17, 15) is 9.18 Å². The van der Waals surface area contributed by atoms with Gasteiger partial charge in [-0.3, -0.25) is 9.36 Å². The van der Waals surface area contributed by atoms with E-state index in [2.05, 4.69) is 15.7 Å². The zero-order valence-corrected chi connectivity index (χ0v) is 19.1. The Hall–Kier alpha value is -3.47. The Morgan fingerprint density at radius 2 is 2.00 bits per heavy atom. The lowest BCUT2D eigenvalue weighted by Crippen LogP contribution is -2.41. The monoisotopic (exact) mass is 471 g/mol. The van der Waals surface area contributed by atoms with Gasteiger partial charge in [-0.05, 0) is 25.0 Å². The van der Waals surface area contributed by atoms with Gasteiger partial charge < -0.3 is 20.3 Å². The molecule has 2 aliphatic heterocycles. The van der Waals surface area contributed by atoms with Crippen LogP contribution in [0, 0.1) is 11.6 Å². The number of hydrogen-bond donors (Lipinski definition) is 2. The highest BCUT2D eigenvalue weighted by atomic mass is 19.2. The van der Waals surface area contributed by atoms with Crippen LogP contribution in [0.1, 0.15) is 30.1 Å². The van der Waals surface area contributed by atoms with Crippen LogP contribution in [0.25, 0.3) is 11.1 Å². The fourth-order valence-corrected chi connectivity index (χ4v) is 4.67. The van der Waals surface area contributed by atoms with Gasteiger partial charge in [0.25, 0.3) is 0 Å². The number of benzene rings is 1. The zero-order valence-electron chi connectivity index (χ0n) is 19.1. The highest BCUT2D eigenvalue weighted by molar-refractivity contribution is 5.75. The number of nitrogens with one attached hydrogen (secondary N) is 2. The smallest absolute Gasteiger partial charge is 0.317 e. The van der Waals surface area contributed by atoms with Crippen molar-refractivity contribution < 1.29 is 18.3 Å². The second kappa shape index (κ2) is 9.05. The number of carbonyl (C=O) groups excluding carboxylic acids is 1. The molecule has 3 aromatic rings. The predicted molar refractivity (Wildman–Crippen MR) is 122 cm³/mol. The molecule has 0 saturated carbocycles. The maximum Gasteiger partial charge on any atom is 0.317 e. The van der Waals surface area contributed by atoms with Gasteiger partial charge in [-0.15, -0.1) is 0 Å². The SMILES string of the molecule is CNC(=O)N1CCc2c(c(Nc3ccc(-c4cnn(C)c4)c(F)c3F)nn2C2CCOCC2)C1. The van der Waals surface area contributed by atoms with Gasteiger partial charge in [-0.25, -0.2) is 13.6 Å². The number of aryl methyl sites for hydroxylation is 1. The lowest BCUT2D eigenvalue weighted by molar-refractivity contribution is 0.0652. The number of halogens is 2. The first-order valence-corrected chi connectivity index (χ1v) is 11.3. The molecule has 34 heavy (non-hydrogen) atoms. The molecule has 180 valence electrons. The Kier molecular flexibility index (Phi) is 5.94. The second-order valence-corrected chi connectivity index (χ2v) is 8.61. The molecule has 2 aromatic heterocycles. The summed E-state index contributed by atoms with van der Waals surface area (Å²) in [6.45, 7) is 2.20. The summed E-state index contributed by atoms with van der Waals surface area (Å²) in [5.74, 6) is -1.51. The van der Waals surface area contributed by atoms with Crippen molar-refractivity contribution in [2.24, 2.45) is 7.05 Å². The molecule has 1 fully saturated rings. The number of rotatable bonds is 4. The molecule has 0 unspecified atom stereocenters. The van der Waals surface area contributed by atoms with E-state index in [0.717, 1.165) is 24.1 Å². The molecule has 0 bridgehead atoms. The minimum Gasteiger partial charge on any atom is -0.381 e. The van der Waals surface area contributed by atoms with Crippen molar-refractivity contribution >= 4 is 17.5 Å². The van der Waals surface area contributed by atoms with Gasteiger partial charge in [-0.1, -0.05) is 0 Å². The minimum absolute atomic E-state index is 0.0124. The third-order valence-corrected chi connectivity index (χ3v) is 6.48. The van der Waals surface area contributed by atoms with Crippen LogP contribution in [0.3, 0.4) is 0 Å². The summed E-state index contributed by atoms with van der Waals surface area (Å²) in [5, 5.41) is 14.5. The number of anilines is 2. The van der Waals surface area contributed by atoms with E-state index < -0.39 is 11.6 Å². The first-order valence-electron chi connectivity index (χ1n) is 11.3. The molecule has 2 amide bonds. The molecule has 1 saturated heterocycles. The Morgan fingerprint density at radius 3 is 2.71 bits per heavy atom. The van der Waals surface area contributed by atoms with Crippen LogP contribution in [0.4, 0.5) is 25.1 Å². The van der Waals surface area contributed by atoms with E-state index >= 15 is 4.39 Å². The molecule has 0 atom stereocenters. The number of ether oxygens (including phenoxy) is 1. The van der Waals surface area contributed by atoms with Crippen LogP contribution in [0.2, 0.25) is 0 Å². The van der Waals surface area contributed by atoms with E-state index in [1.54, 1.807) is 25.2 Å². The fraction of sp³-hybridized carbons (Fsp3) is 0.435. The standard InChI is InChI=1S/C23H27F2N7O2/c1-26-23(33)31-8-5-19-17(13-31)22(29-32(19)15-6-9-34-10-7-15)28-18-4-3-16(20(24)21(18)25)14-11-27-30(2)12-14/h3-4,11-12,15H,5-10,13H2,1-2H3,(H,26,33)(H,28,29). The summed E-state index contributed by atoms with van der Waals surface area (Å²) in [6, 6.07) is 3.00. The van der Waals surface area contributed by atoms with Crippen LogP contribution in [0.5, 0.6) is 0 Å². The van der Waals surface area contributed by atoms with Crippen molar-refractivity contribution in [1.82, 2.24) is 29.8 Å². The molecule has 2 aliphatic rings. The van der Waals surface area contributed by atoms with Crippen molar-refractivity contribution in [3.63, 3.8) is 0 Å². The van der Waals surface area contributed by atoms with E-state index in [1.165, 1.54) is 23.0 Å². The van der Waals surface area contributed by atoms with E-state index in [0.29, 0.717) is 44.1 Å². The summed E-state index contributed by atoms with van der Waals surface area (Å²) < 4.78 is 39.1. The summed E-state index contributed by atoms with van der Waals surface area (Å²) in [4.78, 5) is 13.9. The Morgan fingerprint density at radius 1 is 1.21 bits per heavy atom. The van der Waals surface area contributed by atoms with Gasteiger partial charge in [0.1, 0.15) is 0 Å². The van der Waals surface area contributed by atoms with E-state index in [-0.39, 0.29) is 23.3 Å². The number of carbonyl (C=O) groups is 1. The highest BCUT2D eigenvalue weighted by Gasteiger charge is 2.31. The number of nitrogens with zero attached hydrogens (tertiary/aromatic N) is 5. The van der Waals surface area contributed by atoms with Gasteiger partial charge in [0.2, 0.25) is 0 Å². The van der Waals surface area contributed by atoms with Gasteiger partial charge in [0.05, 0.1) is 24.5 Å². The molecule has 4 heterocycles. The summed E-state index contributed by atoms with van der Waals surface area (Å²) >= 11 is 0. The number of hydrogen-bond acceptors (Lipinski definition) is 5. The summed E-state index contributed by atoms with van der Waals surface area (Å²) in [7, 11) is 3.30. The molecule has 5 rings (SSSR count). The predicted octanol–water partition coefficient (Wildman–Crippen LogP) is 3.35. The van der Waals surface area contributed by atoms with Gasteiger partial charge in [0, 0.05) is 68.9 Å². The molecular weight excluding hydrogens is 444 g/mol. The van der Waals surface area contributed by atoms with Gasteiger partial charge in [-0.2, -0.15) is 10.2 Å². The molecule has 11 heteroatoms. The normalized spacial score (nSPS) is 16.4. The number of fused-ring (bicyclic) bond motifs is 1. The van der Waals surface area contributed by atoms with Crippen molar-refractivity contribution in [3.8, 4) is 11.1 Å². The average molecular weight is 472 g/mol. The van der Waals surface area contributed by atoms with Crippen molar-refractivity contribution in [3.05, 3.63) is 47.4 Å². The summed E-state index contributed by atoms with van der Waals surface area (Å²) in [6.07, 6.45) is 5.41. The number of amides is 2. The first kappa shape index (κ1) is 22.3. The lowest BCUT2D eigenvalue weighted by Gasteiger charge is -2.29. The largest absolute Gasteiger partial charge is 0.381 e. The van der Waals surface area contributed by atoms with Crippen LogP contribution in [0.15, 0.2) is 24.5 Å². The Labute approximate surface area is 195 Å². The molecule has 0 radical (unpaired) electrons. The highest BCUT2D eigenvalue weighted by Crippen LogP contribution is 2.35. The lowest BCUT2D eigenvalue weighted by atomic mass is 10.0. The quantitative estimate of drug-likeness (QED) is 0.609. The van der Waals surface area contributed by atoms with Crippen molar-refractivity contribution in [1.29, 1.82) is 0 Å². The topological polar surface area (TPSA) is 89.2 Å². The van der Waals surface area contributed by atoms with Crippen LogP contribution in [-0.2, 0) is 24.8 Å². The van der Waals surface area contributed by atoms with Gasteiger partial charge >= 0.3 is 6.03 Å². The zero-order chi connectivity index (χ0) is 23.8. The molecule has 0 spiro atoms. The number of urea groups is 1. The second-order valence-electron chi connectivity index (χ2n) is 8.61. The van der Waals surface area contributed by atoms with E-state index in [4.69, 9.17) is 9.84 Å². The van der Waals surface area contributed by atoms with Crippen molar-refractivity contribution in [2.75, 3.05) is 32.1 Å². The summed E-state index contributed by atoms with van der Waals surface area (Å²) in [5.41, 5.74) is 2.45. The first-order chi connectivity index (χ1) is 16.5. The van der Waals surface area contributed by atoms with Crippen molar-refractivity contribution in [2.45, 2.75) is 31.8 Å². The average Bonchev–Trinajstić information content (AvgIpc) is 3.45. The molecule has 0 aliphatic carbocycles. The third-order valence-electron chi connectivity index (χ3n) is 6.48. The molecule has 1 aromatic carbocycles. The number of aromatic nitrogens is 4. The van der Waals surface area contributed by atoms with Crippen LogP contribution < -0.4 is 10.6 Å². The fourth-order valence-electron chi connectivity index (χ4n) is 4.67. The molecular formula is C23H27F2N7O2.